The summed E-state index contributed by atoms with van der Waals surface area (Å²) in [6.07, 6.45) is 3.89. The molecule has 1 aromatic rings. The summed E-state index contributed by atoms with van der Waals surface area (Å²) in [7, 11) is 0. The van der Waals surface area contributed by atoms with Gasteiger partial charge in [-0.1, -0.05) is 13.3 Å². The van der Waals surface area contributed by atoms with E-state index >= 15 is 0 Å². The van der Waals surface area contributed by atoms with Gasteiger partial charge in [0, 0.05) is 13.1 Å². The van der Waals surface area contributed by atoms with Crippen LogP contribution in [0.3, 0.4) is 0 Å². The quantitative estimate of drug-likeness (QED) is 0.842. The summed E-state index contributed by atoms with van der Waals surface area (Å²) in [5.74, 6) is 1.02. The van der Waals surface area contributed by atoms with Gasteiger partial charge in [0.05, 0.1) is 18.5 Å². The van der Waals surface area contributed by atoms with Crippen LogP contribution in [0.4, 0.5) is 11.5 Å². The van der Waals surface area contributed by atoms with Gasteiger partial charge >= 0.3 is 5.97 Å². The first kappa shape index (κ1) is 13.6. The molecule has 1 unspecified atom stereocenters. The van der Waals surface area contributed by atoms with E-state index in [2.05, 4.69) is 16.8 Å². The molecule has 0 radical (unpaired) electrons. The average molecular weight is 263 g/mol. The monoisotopic (exact) mass is 263 g/mol. The molecule has 19 heavy (non-hydrogen) atoms. The molecule has 1 aliphatic rings. The fourth-order valence-electron chi connectivity index (χ4n) is 2.44. The number of hydrogen-bond donors (Lipinski definition) is 1. The van der Waals surface area contributed by atoms with Crippen LogP contribution in [0.25, 0.3) is 0 Å². The first-order valence-electron chi connectivity index (χ1n) is 6.83. The number of nitrogens with two attached hydrogens (primary N) is 1. The maximum atomic E-state index is 12.0. The van der Waals surface area contributed by atoms with Crippen LogP contribution in [-0.4, -0.2) is 30.6 Å². The predicted molar refractivity (Wildman–Crippen MR) is 75.2 cm³/mol. The van der Waals surface area contributed by atoms with Crippen LogP contribution in [0, 0.1) is 5.92 Å². The van der Waals surface area contributed by atoms with Gasteiger partial charge in [0.2, 0.25) is 0 Å². The Morgan fingerprint density at radius 1 is 1.58 bits per heavy atom. The van der Waals surface area contributed by atoms with Gasteiger partial charge in [-0.05, 0) is 25.3 Å². The lowest BCUT2D eigenvalue weighted by Gasteiger charge is -2.20. The van der Waals surface area contributed by atoms with Crippen LogP contribution in [0.2, 0.25) is 0 Å². The molecule has 1 atom stereocenters. The molecule has 1 saturated heterocycles. The summed E-state index contributed by atoms with van der Waals surface area (Å²) in [5.41, 5.74) is 6.68. The van der Waals surface area contributed by atoms with Crippen LogP contribution in [0.5, 0.6) is 0 Å². The van der Waals surface area contributed by atoms with Gasteiger partial charge in [-0.2, -0.15) is 0 Å². The molecule has 1 fully saturated rings. The molecular weight excluding hydrogens is 242 g/mol. The summed E-state index contributed by atoms with van der Waals surface area (Å²) < 4.78 is 5.08. The van der Waals surface area contributed by atoms with Gasteiger partial charge in [0.15, 0.2) is 0 Å². The van der Waals surface area contributed by atoms with Crippen molar-refractivity contribution in [3.63, 3.8) is 0 Å². The molecule has 5 nitrogen and oxygen atoms in total. The number of esters is 1. The molecule has 1 aromatic heterocycles. The molecule has 0 saturated carbocycles. The fourth-order valence-corrected chi connectivity index (χ4v) is 2.44. The largest absolute Gasteiger partial charge is 0.462 e. The van der Waals surface area contributed by atoms with Gasteiger partial charge in [-0.15, -0.1) is 0 Å². The van der Waals surface area contributed by atoms with Crippen molar-refractivity contribution in [1.29, 1.82) is 0 Å². The maximum Gasteiger partial charge on any atom is 0.341 e. The Morgan fingerprint density at radius 2 is 2.37 bits per heavy atom. The van der Waals surface area contributed by atoms with Crippen LogP contribution < -0.4 is 10.6 Å². The third-order valence-electron chi connectivity index (χ3n) is 3.55. The predicted octanol–water partition coefficient (Wildman–Crippen LogP) is 2.08. The maximum absolute atomic E-state index is 12.0. The Bertz CT molecular complexity index is 462. The summed E-state index contributed by atoms with van der Waals surface area (Å²) in [6.45, 7) is 6.21. The third-order valence-corrected chi connectivity index (χ3v) is 3.55. The van der Waals surface area contributed by atoms with Crippen LogP contribution in [0.1, 0.15) is 37.0 Å². The molecule has 0 bridgehead atoms. The van der Waals surface area contributed by atoms with E-state index in [-0.39, 0.29) is 5.97 Å². The average Bonchev–Trinajstić information content (AvgIpc) is 2.87. The third kappa shape index (κ3) is 2.97. The second-order valence-electron chi connectivity index (χ2n) is 4.87. The lowest BCUT2D eigenvalue weighted by molar-refractivity contribution is 0.0526. The van der Waals surface area contributed by atoms with Gasteiger partial charge in [-0.3, -0.25) is 0 Å². The van der Waals surface area contributed by atoms with E-state index in [1.54, 1.807) is 19.2 Å². The first-order valence-corrected chi connectivity index (χ1v) is 6.83. The van der Waals surface area contributed by atoms with Crippen molar-refractivity contribution in [2.75, 3.05) is 30.3 Å². The Labute approximate surface area is 113 Å². The number of rotatable bonds is 4. The summed E-state index contributed by atoms with van der Waals surface area (Å²) in [5, 5.41) is 0. The van der Waals surface area contributed by atoms with E-state index in [0.717, 1.165) is 25.9 Å². The van der Waals surface area contributed by atoms with E-state index in [4.69, 9.17) is 10.5 Å². The van der Waals surface area contributed by atoms with Crippen molar-refractivity contribution in [3.8, 4) is 0 Å². The highest BCUT2D eigenvalue weighted by atomic mass is 16.5. The van der Waals surface area contributed by atoms with Crippen LogP contribution in [-0.2, 0) is 4.74 Å². The lowest BCUT2D eigenvalue weighted by atomic mass is 10.1. The fraction of sp³-hybridized carbons (Fsp3) is 0.571. The van der Waals surface area contributed by atoms with Crippen molar-refractivity contribution in [2.24, 2.45) is 5.92 Å². The Hall–Kier alpha value is -1.78. The highest BCUT2D eigenvalue weighted by molar-refractivity contribution is 5.95. The van der Waals surface area contributed by atoms with Crippen molar-refractivity contribution < 1.29 is 9.53 Å². The van der Waals surface area contributed by atoms with Crippen molar-refractivity contribution in [2.45, 2.75) is 26.7 Å². The second kappa shape index (κ2) is 5.91. The van der Waals surface area contributed by atoms with Gasteiger partial charge in [-0.25, -0.2) is 9.78 Å². The molecule has 2 N–H and O–H groups in total. The molecule has 2 heterocycles. The highest BCUT2D eigenvalue weighted by Crippen LogP contribution is 2.28. The Morgan fingerprint density at radius 3 is 3.00 bits per heavy atom. The van der Waals surface area contributed by atoms with E-state index in [1.807, 2.05) is 0 Å². The van der Waals surface area contributed by atoms with E-state index in [0.29, 0.717) is 29.6 Å². The smallest absolute Gasteiger partial charge is 0.341 e. The molecule has 0 spiro atoms. The number of carbonyl (C=O) groups is 1. The molecule has 0 aromatic carbocycles. The minimum atomic E-state index is -0.350. The Balaban J connectivity index is 2.27. The molecule has 5 heteroatoms. The number of ether oxygens (including phenoxy) is 1. The first-order chi connectivity index (χ1) is 9.15. The van der Waals surface area contributed by atoms with Crippen molar-refractivity contribution >= 4 is 17.5 Å². The number of hydrogen-bond acceptors (Lipinski definition) is 5. The van der Waals surface area contributed by atoms with Crippen molar-refractivity contribution in [3.05, 3.63) is 17.8 Å². The SMILES string of the molecule is CCOC(=O)c1cc(N)cnc1N1CCC(CC)C1. The number of carbonyl (C=O) groups excluding carboxylic acids is 1. The van der Waals surface area contributed by atoms with Crippen LogP contribution in [0.15, 0.2) is 12.3 Å². The topological polar surface area (TPSA) is 68.5 Å². The van der Waals surface area contributed by atoms with E-state index in [9.17, 15) is 4.79 Å². The van der Waals surface area contributed by atoms with Crippen molar-refractivity contribution in [1.82, 2.24) is 4.98 Å². The van der Waals surface area contributed by atoms with Gasteiger partial charge in [0.1, 0.15) is 11.4 Å². The van der Waals surface area contributed by atoms with E-state index in [1.165, 1.54) is 0 Å². The zero-order valence-electron chi connectivity index (χ0n) is 11.6. The zero-order valence-corrected chi connectivity index (χ0v) is 11.6. The number of pyridine rings is 1. The molecule has 2 rings (SSSR count). The van der Waals surface area contributed by atoms with Crippen LogP contribution >= 0.6 is 0 Å². The Kier molecular flexibility index (Phi) is 4.24. The molecule has 104 valence electrons. The number of nitrogen functional groups attached to an aromatic ring is 1. The second-order valence-corrected chi connectivity index (χ2v) is 4.87. The number of anilines is 2. The molecule has 1 aliphatic heterocycles. The summed E-state index contributed by atoms with van der Waals surface area (Å²) in [4.78, 5) is 18.5. The normalized spacial score (nSPS) is 18.6. The summed E-state index contributed by atoms with van der Waals surface area (Å²) in [6, 6.07) is 1.65. The van der Waals surface area contributed by atoms with Gasteiger partial charge in [0.25, 0.3) is 0 Å². The number of aromatic nitrogens is 1. The zero-order chi connectivity index (χ0) is 13.8. The molecule has 0 aliphatic carbocycles. The standard InChI is InChI=1S/C14H21N3O2/c1-3-10-5-6-17(9-10)13-12(14(18)19-4-2)7-11(15)8-16-13/h7-8,10H,3-6,9,15H2,1-2H3. The van der Waals surface area contributed by atoms with E-state index < -0.39 is 0 Å². The molecule has 0 amide bonds. The van der Waals surface area contributed by atoms with Gasteiger partial charge < -0.3 is 15.4 Å². The highest BCUT2D eigenvalue weighted by Gasteiger charge is 2.26. The summed E-state index contributed by atoms with van der Waals surface area (Å²) >= 11 is 0. The lowest BCUT2D eigenvalue weighted by Crippen LogP contribution is -2.24. The minimum Gasteiger partial charge on any atom is -0.462 e. The number of nitrogens with zero attached hydrogens (tertiary/aromatic N) is 2. The molecular formula is C14H21N3O2. The minimum absolute atomic E-state index is 0.350.